The Kier molecular flexibility index (Phi) is 2.92. The van der Waals surface area contributed by atoms with Crippen molar-refractivity contribution in [1.29, 1.82) is 0 Å². The zero-order valence-electron chi connectivity index (χ0n) is 10.0. The molecule has 0 bridgehead atoms. The second-order valence-electron chi connectivity index (χ2n) is 4.11. The van der Waals surface area contributed by atoms with Gasteiger partial charge in [0.25, 0.3) is 5.82 Å². The van der Waals surface area contributed by atoms with E-state index < -0.39 is 0 Å². The fraction of sp³-hybridized carbons (Fsp3) is 0.308. The van der Waals surface area contributed by atoms with Crippen LogP contribution >= 0.6 is 23.5 Å². The first-order valence-electron chi connectivity index (χ1n) is 5.69. The molecule has 0 saturated carbocycles. The molecule has 2 aromatic rings. The van der Waals surface area contributed by atoms with E-state index in [1.807, 2.05) is 23.5 Å². The Labute approximate surface area is 110 Å². The van der Waals surface area contributed by atoms with Gasteiger partial charge in [0, 0.05) is 11.5 Å². The summed E-state index contributed by atoms with van der Waals surface area (Å²) >= 11 is 3.93. The molecular weight excluding hydrogens is 248 g/mol. The molecule has 3 rings (SSSR count). The van der Waals surface area contributed by atoms with E-state index >= 15 is 0 Å². The average molecular weight is 263 g/mol. The van der Waals surface area contributed by atoms with Crippen molar-refractivity contribution in [3.05, 3.63) is 30.3 Å². The number of rotatable bonds is 1. The van der Waals surface area contributed by atoms with E-state index in [0.717, 1.165) is 0 Å². The topological polar surface area (TPSA) is 8.81 Å². The Balaban J connectivity index is 2.21. The van der Waals surface area contributed by atoms with Gasteiger partial charge in [0.15, 0.2) is 0 Å². The zero-order chi connectivity index (χ0) is 11.8. The first-order valence-corrected chi connectivity index (χ1v) is 7.66. The molecule has 4 heteroatoms. The minimum atomic E-state index is 1.21. The first kappa shape index (κ1) is 11.2. The normalized spacial score (nSPS) is 14.7. The van der Waals surface area contributed by atoms with Crippen LogP contribution in [0.15, 0.2) is 40.4 Å². The molecule has 2 heterocycles. The van der Waals surface area contributed by atoms with Gasteiger partial charge in [-0.25, -0.2) is 9.13 Å². The summed E-state index contributed by atoms with van der Waals surface area (Å²) in [5.74, 6) is 3.71. The van der Waals surface area contributed by atoms with Gasteiger partial charge >= 0.3 is 0 Å². The molecule has 1 aromatic heterocycles. The summed E-state index contributed by atoms with van der Waals surface area (Å²) in [6, 6.07) is 10.6. The van der Waals surface area contributed by atoms with Crippen molar-refractivity contribution in [2.45, 2.75) is 10.1 Å². The number of benzene rings is 1. The highest BCUT2D eigenvalue weighted by atomic mass is 32.2. The predicted octanol–water partition coefficient (Wildman–Crippen LogP) is 2.71. The second-order valence-corrected chi connectivity index (χ2v) is 6.28. The summed E-state index contributed by atoms with van der Waals surface area (Å²) < 4.78 is 4.64. The molecule has 0 saturated heterocycles. The van der Waals surface area contributed by atoms with Gasteiger partial charge in [-0.1, -0.05) is 41.7 Å². The maximum atomic E-state index is 2.32. The Bertz CT molecular complexity index is 517. The Hall–Kier alpha value is -0.870. The predicted molar refractivity (Wildman–Crippen MR) is 73.5 cm³/mol. The average Bonchev–Trinajstić information content (AvgIpc) is 2.64. The van der Waals surface area contributed by atoms with Gasteiger partial charge in [-0.05, 0) is 12.1 Å². The van der Waals surface area contributed by atoms with Crippen molar-refractivity contribution >= 4 is 23.5 Å². The van der Waals surface area contributed by atoms with Crippen LogP contribution < -0.4 is 4.57 Å². The lowest BCUT2D eigenvalue weighted by atomic mass is 10.2. The molecule has 1 aliphatic rings. The highest BCUT2D eigenvalue weighted by molar-refractivity contribution is 8.05. The number of nitrogens with zero attached hydrogens (tertiary/aromatic N) is 2. The largest absolute Gasteiger partial charge is 0.290 e. The minimum absolute atomic E-state index is 1.21. The monoisotopic (exact) mass is 263 g/mol. The fourth-order valence-corrected chi connectivity index (χ4v) is 4.76. The van der Waals surface area contributed by atoms with Gasteiger partial charge < -0.3 is 0 Å². The summed E-state index contributed by atoms with van der Waals surface area (Å²) in [7, 11) is 4.33. The molecule has 0 N–H and O–H groups in total. The number of fused-ring (bicyclic) bond motifs is 1. The standard InChI is InChI=1S/C13H15N2S2/c1-14-11(10-6-4-3-5-7-10)15(2)13-12(14)16-8-9-17-13/h3-7H,8-9H2,1-2H3/q+1. The maximum absolute atomic E-state index is 2.32. The molecule has 0 aliphatic carbocycles. The van der Waals surface area contributed by atoms with E-state index in [0.29, 0.717) is 0 Å². The highest BCUT2D eigenvalue weighted by Gasteiger charge is 2.30. The SMILES string of the molecule is Cn1c2c([n+](C)c1-c1ccccc1)SCCS2. The molecule has 2 nitrogen and oxygen atoms in total. The molecule has 0 unspecified atom stereocenters. The van der Waals surface area contributed by atoms with Crippen LogP contribution in [-0.4, -0.2) is 16.1 Å². The van der Waals surface area contributed by atoms with Crippen LogP contribution in [0.5, 0.6) is 0 Å². The summed E-state index contributed by atoms with van der Waals surface area (Å²) in [6.07, 6.45) is 0. The molecular formula is C13H15N2S2+. The summed E-state index contributed by atoms with van der Waals surface area (Å²) in [5, 5.41) is 2.81. The molecule has 1 aromatic carbocycles. The number of thioether (sulfide) groups is 2. The van der Waals surface area contributed by atoms with Crippen molar-refractivity contribution in [3.8, 4) is 11.4 Å². The van der Waals surface area contributed by atoms with Crippen LogP contribution in [0.4, 0.5) is 0 Å². The third kappa shape index (κ3) is 1.79. The lowest BCUT2D eigenvalue weighted by Crippen LogP contribution is -2.32. The van der Waals surface area contributed by atoms with Crippen LogP contribution in [0.1, 0.15) is 0 Å². The molecule has 0 fully saturated rings. The van der Waals surface area contributed by atoms with Crippen molar-refractivity contribution in [1.82, 2.24) is 4.57 Å². The highest BCUT2D eigenvalue weighted by Crippen LogP contribution is 2.36. The second kappa shape index (κ2) is 4.42. The molecule has 0 amide bonds. The Morgan fingerprint density at radius 1 is 1.12 bits per heavy atom. The molecule has 17 heavy (non-hydrogen) atoms. The van der Waals surface area contributed by atoms with Gasteiger partial charge in [0.1, 0.15) is 0 Å². The van der Waals surface area contributed by atoms with Crippen LogP contribution in [-0.2, 0) is 14.1 Å². The smallest absolute Gasteiger partial charge is 0.220 e. The number of hydrogen-bond donors (Lipinski definition) is 0. The van der Waals surface area contributed by atoms with E-state index in [-0.39, 0.29) is 0 Å². The number of aromatic nitrogens is 2. The van der Waals surface area contributed by atoms with E-state index in [2.05, 4.69) is 53.6 Å². The van der Waals surface area contributed by atoms with Crippen molar-refractivity contribution in [2.75, 3.05) is 11.5 Å². The summed E-state index contributed by atoms with van der Waals surface area (Å²) in [5.41, 5.74) is 1.29. The maximum Gasteiger partial charge on any atom is 0.290 e. The van der Waals surface area contributed by atoms with Gasteiger partial charge in [-0.15, -0.1) is 0 Å². The van der Waals surface area contributed by atoms with Crippen molar-refractivity contribution < 1.29 is 4.57 Å². The zero-order valence-corrected chi connectivity index (χ0v) is 11.6. The third-order valence-corrected chi connectivity index (χ3v) is 5.71. The quantitative estimate of drug-likeness (QED) is 0.731. The van der Waals surface area contributed by atoms with Gasteiger partial charge in [0.05, 0.1) is 19.7 Å². The fourth-order valence-electron chi connectivity index (χ4n) is 2.27. The van der Waals surface area contributed by atoms with Crippen LogP contribution in [0, 0.1) is 0 Å². The van der Waals surface area contributed by atoms with Crippen LogP contribution in [0.25, 0.3) is 11.4 Å². The molecule has 0 radical (unpaired) electrons. The lowest BCUT2D eigenvalue weighted by Gasteiger charge is -2.05. The van der Waals surface area contributed by atoms with Gasteiger partial charge in [0.2, 0.25) is 10.1 Å². The van der Waals surface area contributed by atoms with Crippen molar-refractivity contribution in [2.24, 2.45) is 14.1 Å². The number of hydrogen-bond acceptors (Lipinski definition) is 2. The lowest BCUT2D eigenvalue weighted by molar-refractivity contribution is -0.697. The van der Waals surface area contributed by atoms with Crippen LogP contribution in [0.2, 0.25) is 0 Å². The summed E-state index contributed by atoms with van der Waals surface area (Å²) in [6.45, 7) is 0. The van der Waals surface area contributed by atoms with E-state index in [4.69, 9.17) is 0 Å². The Morgan fingerprint density at radius 3 is 2.53 bits per heavy atom. The molecule has 1 aliphatic heterocycles. The third-order valence-electron chi connectivity index (χ3n) is 3.02. The summed E-state index contributed by atoms with van der Waals surface area (Å²) in [4.78, 5) is 0. The van der Waals surface area contributed by atoms with E-state index in [1.165, 1.54) is 32.9 Å². The first-order chi connectivity index (χ1) is 8.29. The van der Waals surface area contributed by atoms with Crippen LogP contribution in [0.3, 0.4) is 0 Å². The van der Waals surface area contributed by atoms with E-state index in [1.54, 1.807) is 0 Å². The minimum Gasteiger partial charge on any atom is -0.220 e. The molecule has 0 spiro atoms. The number of imidazole rings is 1. The molecule has 88 valence electrons. The van der Waals surface area contributed by atoms with Crippen molar-refractivity contribution in [3.63, 3.8) is 0 Å². The van der Waals surface area contributed by atoms with E-state index in [9.17, 15) is 0 Å². The molecule has 0 atom stereocenters. The van der Waals surface area contributed by atoms with Gasteiger partial charge in [-0.2, -0.15) is 0 Å². The van der Waals surface area contributed by atoms with Gasteiger partial charge in [-0.3, -0.25) is 0 Å². The Morgan fingerprint density at radius 2 is 1.82 bits per heavy atom.